The average Bonchev–Trinajstić information content (AvgIpc) is 2.47. The number of hydrogen-bond acceptors (Lipinski definition) is 3. The second-order valence-corrected chi connectivity index (χ2v) is 6.19. The number of carbonyl (C=O) groups is 1. The standard InChI is InChI=1S/C15H11Cl3N2O2S/c16-10-3-1-8(2-4-10)7-22-13-11(17)5-9(6-12(13)18)14(21)20-15(19)23/h1-6H,7H2,(H3,19,20,21,23). The molecule has 0 aliphatic carbocycles. The molecule has 23 heavy (non-hydrogen) atoms. The monoisotopic (exact) mass is 388 g/mol. The fourth-order valence-electron chi connectivity index (χ4n) is 1.75. The van der Waals surface area contributed by atoms with Crippen LogP contribution in [0.2, 0.25) is 15.1 Å². The minimum atomic E-state index is -0.495. The van der Waals surface area contributed by atoms with Gasteiger partial charge in [-0.2, -0.15) is 0 Å². The number of rotatable bonds is 4. The molecule has 2 aromatic rings. The van der Waals surface area contributed by atoms with Crippen LogP contribution in [0.5, 0.6) is 5.75 Å². The van der Waals surface area contributed by atoms with Crippen LogP contribution in [0.4, 0.5) is 0 Å². The van der Waals surface area contributed by atoms with Crippen LogP contribution >= 0.6 is 47.0 Å². The number of halogens is 3. The zero-order chi connectivity index (χ0) is 17.0. The van der Waals surface area contributed by atoms with Crippen molar-refractivity contribution in [3.8, 4) is 5.75 Å². The van der Waals surface area contributed by atoms with Gasteiger partial charge in [-0.3, -0.25) is 10.1 Å². The fourth-order valence-corrected chi connectivity index (χ4v) is 2.56. The predicted octanol–water partition coefficient (Wildman–Crippen LogP) is 4.20. The highest BCUT2D eigenvalue weighted by atomic mass is 35.5. The Hall–Kier alpha value is -1.53. The number of nitrogens with two attached hydrogens (primary N) is 1. The van der Waals surface area contributed by atoms with Crippen molar-refractivity contribution in [2.75, 3.05) is 0 Å². The van der Waals surface area contributed by atoms with Crippen LogP contribution < -0.4 is 15.8 Å². The summed E-state index contributed by atoms with van der Waals surface area (Å²) in [5.74, 6) is -0.208. The van der Waals surface area contributed by atoms with Gasteiger partial charge in [0.25, 0.3) is 5.91 Å². The quantitative estimate of drug-likeness (QED) is 0.769. The van der Waals surface area contributed by atoms with Crippen LogP contribution in [0.15, 0.2) is 36.4 Å². The zero-order valence-corrected chi connectivity index (χ0v) is 14.7. The lowest BCUT2D eigenvalue weighted by Crippen LogP contribution is -2.34. The molecule has 0 saturated heterocycles. The fraction of sp³-hybridized carbons (Fsp3) is 0.0667. The highest BCUT2D eigenvalue weighted by Gasteiger charge is 2.14. The van der Waals surface area contributed by atoms with E-state index < -0.39 is 5.91 Å². The van der Waals surface area contributed by atoms with Crippen LogP contribution in [-0.2, 0) is 6.61 Å². The summed E-state index contributed by atoms with van der Waals surface area (Å²) in [6, 6.07) is 10.0. The van der Waals surface area contributed by atoms with Gasteiger partial charge in [-0.1, -0.05) is 46.9 Å². The second kappa shape index (κ2) is 7.84. The first-order chi connectivity index (χ1) is 10.9. The van der Waals surface area contributed by atoms with Crippen LogP contribution in [0.3, 0.4) is 0 Å². The second-order valence-electron chi connectivity index (χ2n) is 4.50. The number of carbonyl (C=O) groups excluding carboxylic acids is 1. The number of thiocarbonyl (C=S) groups is 1. The zero-order valence-electron chi connectivity index (χ0n) is 11.6. The van der Waals surface area contributed by atoms with E-state index in [9.17, 15) is 4.79 Å². The van der Waals surface area contributed by atoms with E-state index in [0.717, 1.165) is 5.56 Å². The molecule has 120 valence electrons. The van der Waals surface area contributed by atoms with Gasteiger partial charge in [0.1, 0.15) is 6.61 Å². The van der Waals surface area contributed by atoms with Crippen molar-refractivity contribution in [3.05, 3.63) is 62.6 Å². The molecule has 0 saturated carbocycles. The van der Waals surface area contributed by atoms with Crippen molar-refractivity contribution in [1.29, 1.82) is 0 Å². The van der Waals surface area contributed by atoms with Crippen molar-refractivity contribution < 1.29 is 9.53 Å². The summed E-state index contributed by atoms with van der Waals surface area (Å²) in [6.07, 6.45) is 0. The lowest BCUT2D eigenvalue weighted by atomic mass is 10.2. The third-order valence-electron chi connectivity index (χ3n) is 2.79. The number of amides is 1. The number of nitrogens with one attached hydrogen (secondary N) is 1. The SMILES string of the molecule is NC(=S)NC(=O)c1cc(Cl)c(OCc2ccc(Cl)cc2)c(Cl)c1. The van der Waals surface area contributed by atoms with E-state index in [1.54, 1.807) is 12.1 Å². The van der Waals surface area contributed by atoms with Gasteiger partial charge < -0.3 is 10.5 Å². The summed E-state index contributed by atoms with van der Waals surface area (Å²) < 4.78 is 5.62. The van der Waals surface area contributed by atoms with Crippen molar-refractivity contribution in [1.82, 2.24) is 5.32 Å². The largest absolute Gasteiger partial charge is 0.486 e. The van der Waals surface area contributed by atoms with E-state index in [4.69, 9.17) is 45.3 Å². The highest BCUT2D eigenvalue weighted by Crippen LogP contribution is 2.34. The molecule has 0 radical (unpaired) electrons. The Bertz CT molecular complexity index is 728. The van der Waals surface area contributed by atoms with Gasteiger partial charge in [-0.05, 0) is 42.0 Å². The Kier molecular flexibility index (Phi) is 6.07. The van der Waals surface area contributed by atoms with E-state index >= 15 is 0 Å². The van der Waals surface area contributed by atoms with E-state index in [-0.39, 0.29) is 33.1 Å². The molecule has 0 unspecified atom stereocenters. The van der Waals surface area contributed by atoms with E-state index in [1.165, 1.54) is 12.1 Å². The Morgan fingerprint density at radius 3 is 2.22 bits per heavy atom. The summed E-state index contributed by atoms with van der Waals surface area (Å²) in [5.41, 5.74) is 6.39. The van der Waals surface area contributed by atoms with Gasteiger partial charge in [0.2, 0.25) is 0 Å². The summed E-state index contributed by atoms with van der Waals surface area (Å²) in [7, 11) is 0. The van der Waals surface area contributed by atoms with Gasteiger partial charge in [0.05, 0.1) is 10.0 Å². The van der Waals surface area contributed by atoms with Gasteiger partial charge in [-0.15, -0.1) is 0 Å². The molecule has 0 aromatic heterocycles. The summed E-state index contributed by atoms with van der Waals surface area (Å²) in [6.45, 7) is 0.259. The van der Waals surface area contributed by atoms with Gasteiger partial charge >= 0.3 is 0 Å². The summed E-state index contributed by atoms with van der Waals surface area (Å²) >= 11 is 22.7. The van der Waals surface area contributed by atoms with Crippen LogP contribution in [-0.4, -0.2) is 11.0 Å². The Morgan fingerprint density at radius 2 is 1.70 bits per heavy atom. The minimum absolute atomic E-state index is 0.134. The number of benzene rings is 2. The molecule has 0 heterocycles. The van der Waals surface area contributed by atoms with Gasteiger partial charge in [0, 0.05) is 10.6 Å². The first kappa shape index (κ1) is 17.8. The van der Waals surface area contributed by atoms with Gasteiger partial charge in [-0.25, -0.2) is 0 Å². The Morgan fingerprint density at radius 1 is 1.13 bits per heavy atom. The molecule has 4 nitrogen and oxygen atoms in total. The number of ether oxygens (including phenoxy) is 1. The topological polar surface area (TPSA) is 64.3 Å². The molecular formula is C15H11Cl3N2O2S. The van der Waals surface area contributed by atoms with Crippen LogP contribution in [0.1, 0.15) is 15.9 Å². The molecule has 0 aliphatic rings. The lowest BCUT2D eigenvalue weighted by molar-refractivity contribution is 0.0977. The van der Waals surface area contributed by atoms with E-state index in [0.29, 0.717) is 5.02 Å². The molecular weight excluding hydrogens is 379 g/mol. The number of hydrogen-bond donors (Lipinski definition) is 2. The third-order valence-corrected chi connectivity index (χ3v) is 3.71. The first-order valence-corrected chi connectivity index (χ1v) is 7.88. The molecule has 0 aliphatic heterocycles. The van der Waals surface area contributed by atoms with Crippen LogP contribution in [0.25, 0.3) is 0 Å². The van der Waals surface area contributed by atoms with Crippen LogP contribution in [0, 0.1) is 0 Å². The highest BCUT2D eigenvalue weighted by molar-refractivity contribution is 7.80. The minimum Gasteiger partial charge on any atom is -0.486 e. The van der Waals surface area contributed by atoms with Crippen molar-refractivity contribution in [2.45, 2.75) is 6.61 Å². The maximum Gasteiger partial charge on any atom is 0.257 e. The molecule has 0 fully saturated rings. The predicted molar refractivity (Wildman–Crippen MR) is 96.5 cm³/mol. The van der Waals surface area contributed by atoms with Crippen molar-refractivity contribution in [2.24, 2.45) is 5.73 Å². The third kappa shape index (κ3) is 4.97. The maximum atomic E-state index is 11.8. The Balaban J connectivity index is 2.15. The lowest BCUT2D eigenvalue weighted by Gasteiger charge is -2.12. The normalized spacial score (nSPS) is 10.2. The van der Waals surface area contributed by atoms with E-state index in [1.807, 2.05) is 12.1 Å². The molecule has 3 N–H and O–H groups in total. The first-order valence-electron chi connectivity index (χ1n) is 6.34. The van der Waals surface area contributed by atoms with Crippen molar-refractivity contribution in [3.63, 3.8) is 0 Å². The molecule has 0 spiro atoms. The molecule has 0 bridgehead atoms. The smallest absolute Gasteiger partial charge is 0.257 e. The van der Waals surface area contributed by atoms with Gasteiger partial charge in [0.15, 0.2) is 10.9 Å². The molecule has 2 rings (SSSR count). The molecule has 1 amide bonds. The summed E-state index contributed by atoms with van der Waals surface area (Å²) in [4.78, 5) is 11.8. The van der Waals surface area contributed by atoms with Crippen molar-refractivity contribution >= 4 is 58.0 Å². The van der Waals surface area contributed by atoms with E-state index in [2.05, 4.69) is 17.5 Å². The summed E-state index contributed by atoms with van der Waals surface area (Å²) in [5, 5.41) is 3.21. The molecule has 2 aromatic carbocycles. The Labute approximate surface area is 153 Å². The maximum absolute atomic E-state index is 11.8. The average molecular weight is 390 g/mol. The molecule has 8 heteroatoms. The molecule has 0 atom stereocenters.